The van der Waals surface area contributed by atoms with Gasteiger partial charge in [0.05, 0.1) is 12.6 Å². The van der Waals surface area contributed by atoms with Gasteiger partial charge in [0.2, 0.25) is 11.8 Å². The van der Waals surface area contributed by atoms with E-state index in [1.807, 2.05) is 38.1 Å². The zero-order valence-electron chi connectivity index (χ0n) is 20.8. The van der Waals surface area contributed by atoms with E-state index in [9.17, 15) is 14.4 Å². The first kappa shape index (κ1) is 31.9. The number of carboxylic acid groups (broad SMARTS) is 1. The van der Waals surface area contributed by atoms with Crippen molar-refractivity contribution < 1.29 is 19.5 Å². The Kier molecular flexibility index (Phi) is 12.6. The summed E-state index contributed by atoms with van der Waals surface area (Å²) in [5.74, 6) is -2.07. The molecular formula is C26H35Cl2N5O4. The van der Waals surface area contributed by atoms with Crippen LogP contribution in [0.3, 0.4) is 0 Å². The Labute approximate surface area is 229 Å². The van der Waals surface area contributed by atoms with E-state index in [0.29, 0.717) is 18.4 Å². The standard InChI is InChI=1S/C26H33N5O4.2ClH/c1-15(2)22(29-14-21(32)33)26(35)31-23(20-11-18-5-3-4-6-19(18)12-20)25(34)30-13-16-7-9-17(10-8-16)24(27)28;;/h3-10,15,20,22-23,29H,11-14H2,1-2H3,(H3,27,28)(H,30,34)(H,31,35)(H,32,33);2*1H/t22-,23+;;/m1../s1. The molecule has 0 bridgehead atoms. The number of nitrogens with one attached hydrogen (secondary N) is 4. The van der Waals surface area contributed by atoms with Crippen LogP contribution in [0.4, 0.5) is 0 Å². The summed E-state index contributed by atoms with van der Waals surface area (Å²) in [7, 11) is 0. The van der Waals surface area contributed by atoms with E-state index in [2.05, 4.69) is 16.0 Å². The fourth-order valence-corrected chi connectivity index (χ4v) is 4.40. The Hall–Kier alpha value is -3.14. The predicted octanol–water partition coefficient (Wildman–Crippen LogP) is 2.03. The number of amides is 2. The first-order valence-electron chi connectivity index (χ1n) is 11.7. The molecule has 2 aromatic rings. The number of aliphatic carboxylic acids is 1. The van der Waals surface area contributed by atoms with Crippen LogP contribution in [0.15, 0.2) is 48.5 Å². The summed E-state index contributed by atoms with van der Waals surface area (Å²) < 4.78 is 0. The minimum absolute atomic E-state index is 0. The van der Waals surface area contributed by atoms with Crippen molar-refractivity contribution >= 4 is 48.4 Å². The Bertz CT molecular complexity index is 1070. The maximum Gasteiger partial charge on any atom is 0.317 e. The maximum atomic E-state index is 13.3. The summed E-state index contributed by atoms with van der Waals surface area (Å²) in [6, 6.07) is 13.5. The van der Waals surface area contributed by atoms with Gasteiger partial charge in [-0.15, -0.1) is 24.8 Å². The van der Waals surface area contributed by atoms with Crippen LogP contribution in [-0.4, -0.2) is 47.4 Å². The highest BCUT2D eigenvalue weighted by Crippen LogP contribution is 2.29. The Morgan fingerprint density at radius 3 is 2.05 bits per heavy atom. The third-order valence-electron chi connectivity index (χ3n) is 6.29. The number of carboxylic acids is 1. The normalized spacial score (nSPS) is 13.9. The number of carbonyl (C=O) groups is 3. The number of halogens is 2. The van der Waals surface area contributed by atoms with E-state index in [0.717, 1.165) is 16.7 Å². The van der Waals surface area contributed by atoms with Gasteiger partial charge in [0.1, 0.15) is 11.9 Å². The van der Waals surface area contributed by atoms with Crippen LogP contribution in [0.25, 0.3) is 0 Å². The molecule has 2 amide bonds. The van der Waals surface area contributed by atoms with Crippen molar-refractivity contribution in [3.63, 3.8) is 0 Å². The average Bonchev–Trinajstić information content (AvgIpc) is 3.24. The van der Waals surface area contributed by atoms with Crippen LogP contribution in [0, 0.1) is 17.2 Å². The quantitative estimate of drug-likeness (QED) is 0.185. The monoisotopic (exact) mass is 551 g/mol. The lowest BCUT2D eigenvalue weighted by molar-refractivity contribution is -0.137. The zero-order valence-corrected chi connectivity index (χ0v) is 22.5. The van der Waals surface area contributed by atoms with Crippen molar-refractivity contribution in [3.05, 3.63) is 70.8 Å². The third kappa shape index (κ3) is 8.73. The molecule has 2 atom stereocenters. The Morgan fingerprint density at radius 2 is 1.57 bits per heavy atom. The molecule has 0 radical (unpaired) electrons. The first-order chi connectivity index (χ1) is 16.7. The summed E-state index contributed by atoms with van der Waals surface area (Å²) in [4.78, 5) is 37.5. The average molecular weight is 553 g/mol. The molecule has 11 heteroatoms. The van der Waals surface area contributed by atoms with Gasteiger partial charge < -0.3 is 21.5 Å². The summed E-state index contributed by atoms with van der Waals surface area (Å²) in [6.07, 6.45) is 1.33. The summed E-state index contributed by atoms with van der Waals surface area (Å²) in [6.45, 7) is 3.56. The van der Waals surface area contributed by atoms with Gasteiger partial charge in [-0.25, -0.2) is 0 Å². The van der Waals surface area contributed by atoms with Gasteiger partial charge in [-0.1, -0.05) is 62.4 Å². The predicted molar refractivity (Wildman–Crippen MR) is 147 cm³/mol. The number of nitrogen functional groups attached to an aromatic ring is 1. The number of nitrogens with two attached hydrogens (primary N) is 1. The lowest BCUT2D eigenvalue weighted by Gasteiger charge is -2.28. The Balaban J connectivity index is 0.00000342. The van der Waals surface area contributed by atoms with Gasteiger partial charge in [-0.05, 0) is 41.4 Å². The van der Waals surface area contributed by atoms with Gasteiger partial charge in [0.15, 0.2) is 0 Å². The molecular weight excluding hydrogens is 517 g/mol. The molecule has 37 heavy (non-hydrogen) atoms. The number of benzene rings is 2. The van der Waals surface area contributed by atoms with E-state index in [-0.39, 0.29) is 61.5 Å². The van der Waals surface area contributed by atoms with Gasteiger partial charge in [0, 0.05) is 12.1 Å². The minimum atomic E-state index is -1.06. The molecule has 2 aromatic carbocycles. The molecule has 0 aromatic heterocycles. The highest BCUT2D eigenvalue weighted by molar-refractivity contribution is 5.95. The van der Waals surface area contributed by atoms with Gasteiger partial charge in [-0.3, -0.25) is 25.1 Å². The fourth-order valence-electron chi connectivity index (χ4n) is 4.40. The first-order valence-corrected chi connectivity index (χ1v) is 11.7. The van der Waals surface area contributed by atoms with Crippen molar-refractivity contribution in [2.45, 2.75) is 45.3 Å². The van der Waals surface area contributed by atoms with Crippen LogP contribution >= 0.6 is 24.8 Å². The maximum absolute atomic E-state index is 13.3. The Morgan fingerprint density at radius 1 is 1.00 bits per heavy atom. The van der Waals surface area contributed by atoms with Crippen molar-refractivity contribution in [2.75, 3.05) is 6.54 Å². The topological polar surface area (TPSA) is 157 Å². The van der Waals surface area contributed by atoms with Crippen LogP contribution in [0.2, 0.25) is 0 Å². The number of hydrogen-bond donors (Lipinski definition) is 6. The molecule has 1 aliphatic rings. The van der Waals surface area contributed by atoms with E-state index < -0.39 is 24.0 Å². The van der Waals surface area contributed by atoms with Crippen molar-refractivity contribution in [3.8, 4) is 0 Å². The number of amidine groups is 1. The summed E-state index contributed by atoms with van der Waals surface area (Å²) in [5, 5.41) is 25.1. The number of fused-ring (bicyclic) bond motifs is 1. The third-order valence-corrected chi connectivity index (χ3v) is 6.29. The van der Waals surface area contributed by atoms with Gasteiger partial charge in [0.25, 0.3) is 0 Å². The molecule has 0 heterocycles. The second-order valence-corrected chi connectivity index (χ2v) is 9.25. The molecule has 7 N–H and O–H groups in total. The second-order valence-electron chi connectivity index (χ2n) is 9.25. The molecule has 3 rings (SSSR count). The van der Waals surface area contributed by atoms with E-state index in [4.69, 9.17) is 16.2 Å². The smallest absolute Gasteiger partial charge is 0.317 e. The van der Waals surface area contributed by atoms with Gasteiger partial charge in [-0.2, -0.15) is 0 Å². The molecule has 0 fully saturated rings. The molecule has 0 aliphatic heterocycles. The zero-order chi connectivity index (χ0) is 25.5. The highest BCUT2D eigenvalue weighted by Gasteiger charge is 2.36. The molecule has 9 nitrogen and oxygen atoms in total. The molecule has 0 spiro atoms. The van der Waals surface area contributed by atoms with Crippen molar-refractivity contribution in [2.24, 2.45) is 17.6 Å². The van der Waals surface area contributed by atoms with E-state index >= 15 is 0 Å². The molecule has 202 valence electrons. The number of carbonyl (C=O) groups excluding carboxylic acids is 2. The van der Waals surface area contributed by atoms with Crippen LogP contribution in [-0.2, 0) is 33.8 Å². The summed E-state index contributed by atoms with van der Waals surface area (Å²) >= 11 is 0. The highest BCUT2D eigenvalue weighted by atomic mass is 35.5. The molecule has 0 unspecified atom stereocenters. The fraction of sp³-hybridized carbons (Fsp3) is 0.385. The molecule has 0 saturated heterocycles. The van der Waals surface area contributed by atoms with Crippen molar-refractivity contribution in [1.29, 1.82) is 5.41 Å². The van der Waals surface area contributed by atoms with Crippen molar-refractivity contribution in [1.82, 2.24) is 16.0 Å². The van der Waals surface area contributed by atoms with E-state index in [1.54, 1.807) is 24.3 Å². The van der Waals surface area contributed by atoms with E-state index in [1.165, 1.54) is 0 Å². The lowest BCUT2D eigenvalue weighted by Crippen LogP contribution is -2.57. The van der Waals surface area contributed by atoms with Gasteiger partial charge >= 0.3 is 5.97 Å². The van der Waals surface area contributed by atoms with Crippen LogP contribution < -0.4 is 21.7 Å². The molecule has 1 aliphatic carbocycles. The summed E-state index contributed by atoms with van der Waals surface area (Å²) in [5.41, 5.74) is 9.26. The number of hydrogen-bond acceptors (Lipinski definition) is 5. The SMILES string of the molecule is CC(C)[C@@H](NCC(=O)O)C(=O)N[C@H](C(=O)NCc1ccc(C(=N)N)cc1)C1Cc2ccccc2C1.Cl.Cl. The van der Waals surface area contributed by atoms with Crippen LogP contribution in [0.1, 0.15) is 36.1 Å². The van der Waals surface area contributed by atoms with Crippen LogP contribution in [0.5, 0.6) is 0 Å². The lowest BCUT2D eigenvalue weighted by atomic mass is 9.94. The second kappa shape index (κ2) is 14.6. The minimum Gasteiger partial charge on any atom is -0.480 e. The molecule has 0 saturated carbocycles. The number of rotatable bonds is 11. The largest absolute Gasteiger partial charge is 0.480 e.